The molecule has 1 aromatic carbocycles. The summed E-state index contributed by atoms with van der Waals surface area (Å²) < 4.78 is 33.3. The Morgan fingerprint density at radius 2 is 2.00 bits per heavy atom. The van der Waals surface area contributed by atoms with Crippen LogP contribution >= 0.6 is 0 Å². The highest BCUT2D eigenvalue weighted by molar-refractivity contribution is 5.64. The minimum atomic E-state index is -1.03. The largest absolute Gasteiger partial charge is 0.494 e. The summed E-state index contributed by atoms with van der Waals surface area (Å²) >= 11 is 0. The molecule has 17 heavy (non-hydrogen) atoms. The van der Waals surface area contributed by atoms with Crippen LogP contribution in [-0.4, -0.2) is 16.9 Å². The van der Waals surface area contributed by atoms with Gasteiger partial charge in [-0.3, -0.25) is 4.68 Å². The first-order valence-electron chi connectivity index (χ1n) is 4.86. The Labute approximate surface area is 96.6 Å². The lowest BCUT2D eigenvalue weighted by Gasteiger charge is -2.05. The van der Waals surface area contributed by atoms with E-state index in [0.29, 0.717) is 5.82 Å². The molecule has 90 valence electrons. The van der Waals surface area contributed by atoms with E-state index in [0.717, 1.165) is 0 Å². The number of benzene rings is 1. The number of nitrogens with two attached hydrogens (primary N) is 1. The molecule has 2 N–H and O–H groups in total. The van der Waals surface area contributed by atoms with Gasteiger partial charge in [-0.25, -0.2) is 4.39 Å². The predicted molar refractivity (Wildman–Crippen MR) is 59.5 cm³/mol. The SMILES string of the molecule is COc1ccc(-c2cc(N)n(C)n2)c(F)c1F. The van der Waals surface area contributed by atoms with Crippen LogP contribution in [0.15, 0.2) is 18.2 Å². The quantitative estimate of drug-likeness (QED) is 0.871. The van der Waals surface area contributed by atoms with Crippen LogP contribution in [0, 0.1) is 11.6 Å². The summed E-state index contributed by atoms with van der Waals surface area (Å²) in [5.41, 5.74) is 5.91. The van der Waals surface area contributed by atoms with Crippen LogP contribution in [0.5, 0.6) is 5.75 Å². The lowest BCUT2D eigenvalue weighted by Crippen LogP contribution is -1.97. The monoisotopic (exact) mass is 239 g/mol. The average molecular weight is 239 g/mol. The van der Waals surface area contributed by atoms with Crippen LogP contribution in [0.25, 0.3) is 11.3 Å². The zero-order valence-corrected chi connectivity index (χ0v) is 9.37. The van der Waals surface area contributed by atoms with Gasteiger partial charge >= 0.3 is 0 Å². The lowest BCUT2D eigenvalue weighted by atomic mass is 10.1. The number of ether oxygens (including phenoxy) is 1. The van der Waals surface area contributed by atoms with Gasteiger partial charge in [0.25, 0.3) is 0 Å². The molecule has 0 aliphatic heterocycles. The third-order valence-corrected chi connectivity index (χ3v) is 2.46. The molecule has 0 saturated carbocycles. The second-order valence-electron chi connectivity index (χ2n) is 3.52. The van der Waals surface area contributed by atoms with Gasteiger partial charge in [0.15, 0.2) is 11.6 Å². The van der Waals surface area contributed by atoms with Crippen LogP contribution in [0.2, 0.25) is 0 Å². The first-order valence-corrected chi connectivity index (χ1v) is 4.86. The molecule has 0 atom stereocenters. The average Bonchev–Trinajstić information content (AvgIpc) is 2.63. The van der Waals surface area contributed by atoms with Crippen LogP contribution < -0.4 is 10.5 Å². The second-order valence-corrected chi connectivity index (χ2v) is 3.52. The fourth-order valence-corrected chi connectivity index (χ4v) is 1.50. The fraction of sp³-hybridized carbons (Fsp3) is 0.182. The molecular weight excluding hydrogens is 228 g/mol. The maximum Gasteiger partial charge on any atom is 0.201 e. The Hall–Kier alpha value is -2.11. The highest BCUT2D eigenvalue weighted by Crippen LogP contribution is 2.29. The Morgan fingerprint density at radius 3 is 2.53 bits per heavy atom. The predicted octanol–water partition coefficient (Wildman–Crippen LogP) is 1.96. The molecule has 0 amide bonds. The Bertz CT molecular complexity index is 547. The van der Waals surface area contributed by atoms with E-state index in [9.17, 15) is 8.78 Å². The summed E-state index contributed by atoms with van der Waals surface area (Å²) in [7, 11) is 2.90. The summed E-state index contributed by atoms with van der Waals surface area (Å²) in [6.45, 7) is 0. The van der Waals surface area contributed by atoms with Crippen LogP contribution in [0.4, 0.5) is 14.6 Å². The first kappa shape index (κ1) is 11.4. The second kappa shape index (κ2) is 4.04. The maximum absolute atomic E-state index is 13.7. The third kappa shape index (κ3) is 1.82. The zero-order chi connectivity index (χ0) is 12.6. The molecule has 4 nitrogen and oxygen atoms in total. The van der Waals surface area contributed by atoms with E-state index in [2.05, 4.69) is 9.84 Å². The number of methoxy groups -OCH3 is 1. The number of nitrogens with zero attached hydrogens (tertiary/aromatic N) is 2. The van der Waals surface area contributed by atoms with Crippen molar-refractivity contribution in [3.8, 4) is 17.0 Å². The minimum absolute atomic E-state index is 0.0515. The molecule has 0 fully saturated rings. The Morgan fingerprint density at radius 1 is 1.29 bits per heavy atom. The van der Waals surface area contributed by atoms with E-state index >= 15 is 0 Å². The molecule has 1 heterocycles. The molecule has 0 spiro atoms. The number of rotatable bonds is 2. The topological polar surface area (TPSA) is 53.1 Å². The van der Waals surface area contributed by atoms with Crippen LogP contribution in [0.3, 0.4) is 0 Å². The van der Waals surface area contributed by atoms with Crippen molar-refractivity contribution < 1.29 is 13.5 Å². The van der Waals surface area contributed by atoms with Crippen molar-refractivity contribution in [2.45, 2.75) is 0 Å². The smallest absolute Gasteiger partial charge is 0.201 e. The van der Waals surface area contributed by atoms with E-state index in [1.54, 1.807) is 7.05 Å². The van der Waals surface area contributed by atoms with Crippen molar-refractivity contribution >= 4 is 5.82 Å². The van der Waals surface area contributed by atoms with E-state index in [-0.39, 0.29) is 17.0 Å². The first-order chi connectivity index (χ1) is 8.04. The van der Waals surface area contributed by atoms with Crippen molar-refractivity contribution in [3.63, 3.8) is 0 Å². The summed E-state index contributed by atoms with van der Waals surface area (Å²) in [6.07, 6.45) is 0. The van der Waals surface area contributed by atoms with E-state index in [1.807, 2.05) is 0 Å². The molecule has 1 aromatic heterocycles. The number of nitrogen functional groups attached to an aromatic ring is 1. The van der Waals surface area contributed by atoms with Crippen molar-refractivity contribution in [3.05, 3.63) is 29.8 Å². The number of anilines is 1. The number of aromatic nitrogens is 2. The molecule has 2 aromatic rings. The number of hydrogen-bond donors (Lipinski definition) is 1. The number of hydrogen-bond acceptors (Lipinski definition) is 3. The molecule has 0 unspecified atom stereocenters. The van der Waals surface area contributed by atoms with E-state index in [4.69, 9.17) is 5.73 Å². The van der Waals surface area contributed by atoms with Crippen molar-refractivity contribution in [2.24, 2.45) is 7.05 Å². The molecule has 0 aliphatic carbocycles. The van der Waals surface area contributed by atoms with Gasteiger partial charge in [-0.1, -0.05) is 0 Å². The highest BCUT2D eigenvalue weighted by Gasteiger charge is 2.17. The van der Waals surface area contributed by atoms with Crippen molar-refractivity contribution in [2.75, 3.05) is 12.8 Å². The van der Waals surface area contributed by atoms with Gasteiger partial charge in [0.1, 0.15) is 5.82 Å². The Kier molecular flexibility index (Phi) is 2.71. The van der Waals surface area contributed by atoms with E-state index in [1.165, 1.54) is 30.0 Å². The van der Waals surface area contributed by atoms with Crippen molar-refractivity contribution in [1.82, 2.24) is 9.78 Å². The maximum atomic E-state index is 13.7. The fourth-order valence-electron chi connectivity index (χ4n) is 1.50. The Balaban J connectivity index is 2.57. The molecule has 0 saturated heterocycles. The van der Waals surface area contributed by atoms with Gasteiger partial charge in [-0.2, -0.15) is 9.49 Å². The zero-order valence-electron chi connectivity index (χ0n) is 9.37. The van der Waals surface area contributed by atoms with Gasteiger partial charge < -0.3 is 10.5 Å². The third-order valence-electron chi connectivity index (χ3n) is 2.46. The van der Waals surface area contributed by atoms with Crippen LogP contribution in [0.1, 0.15) is 0 Å². The summed E-state index contributed by atoms with van der Waals surface area (Å²) in [5.74, 6) is -1.80. The summed E-state index contributed by atoms with van der Waals surface area (Å²) in [6, 6.07) is 4.22. The molecule has 6 heteroatoms. The van der Waals surface area contributed by atoms with E-state index < -0.39 is 11.6 Å². The van der Waals surface area contributed by atoms with Crippen LogP contribution in [-0.2, 0) is 7.05 Å². The minimum Gasteiger partial charge on any atom is -0.494 e. The highest BCUT2D eigenvalue weighted by atomic mass is 19.2. The van der Waals surface area contributed by atoms with Gasteiger partial charge in [-0.15, -0.1) is 0 Å². The van der Waals surface area contributed by atoms with Gasteiger partial charge in [0, 0.05) is 18.7 Å². The van der Waals surface area contributed by atoms with Gasteiger partial charge in [-0.05, 0) is 12.1 Å². The normalized spacial score (nSPS) is 10.6. The van der Waals surface area contributed by atoms with Crippen molar-refractivity contribution in [1.29, 1.82) is 0 Å². The van der Waals surface area contributed by atoms with Gasteiger partial charge in [0.05, 0.1) is 12.8 Å². The molecule has 0 aliphatic rings. The standard InChI is InChI=1S/C11H11F2N3O/c1-16-9(14)5-7(15-16)6-3-4-8(17-2)11(13)10(6)12/h3-5H,14H2,1-2H3. The molecule has 0 bridgehead atoms. The van der Waals surface area contributed by atoms with Gasteiger partial charge in [0.2, 0.25) is 5.82 Å². The molecule has 0 radical (unpaired) electrons. The summed E-state index contributed by atoms with van der Waals surface area (Å²) in [5, 5.41) is 3.98. The molecular formula is C11H11F2N3O. The number of halogens is 2. The molecule has 2 rings (SSSR count). The number of aryl methyl sites for hydroxylation is 1. The summed E-state index contributed by atoms with van der Waals surface area (Å²) in [4.78, 5) is 0. The lowest BCUT2D eigenvalue weighted by molar-refractivity contribution is 0.372.